The third-order valence-electron chi connectivity index (χ3n) is 4.86. The molecular formula is C24H20N4O. The van der Waals surface area contributed by atoms with Crippen LogP contribution in [0.5, 0.6) is 11.5 Å². The Balaban J connectivity index is 1.47. The van der Waals surface area contributed by atoms with Crippen molar-refractivity contribution in [3.05, 3.63) is 96.7 Å². The van der Waals surface area contributed by atoms with Gasteiger partial charge >= 0.3 is 0 Å². The number of rotatable bonds is 4. The highest BCUT2D eigenvalue weighted by Gasteiger charge is 2.09. The van der Waals surface area contributed by atoms with Crippen LogP contribution in [-0.4, -0.2) is 19.2 Å². The molecule has 3 heterocycles. The highest BCUT2D eigenvalue weighted by molar-refractivity contribution is 5.77. The topological polar surface area (TPSA) is 44.4 Å². The molecule has 0 radical (unpaired) electrons. The quantitative estimate of drug-likeness (QED) is 0.408. The van der Waals surface area contributed by atoms with Crippen LogP contribution in [-0.2, 0) is 0 Å². The van der Waals surface area contributed by atoms with Gasteiger partial charge in [-0.1, -0.05) is 24.3 Å². The number of ether oxygens (including phenoxy) is 1. The molecule has 0 saturated heterocycles. The largest absolute Gasteiger partial charge is 0.457 e. The van der Waals surface area contributed by atoms with E-state index in [1.807, 2.05) is 90.1 Å². The molecule has 5 aromatic rings. The molecule has 0 N–H and O–H groups in total. The molecule has 0 aliphatic rings. The molecule has 0 fully saturated rings. The monoisotopic (exact) mass is 380 g/mol. The second-order valence-electron chi connectivity index (χ2n) is 7.05. The second-order valence-corrected chi connectivity index (χ2v) is 7.05. The Bertz CT molecular complexity index is 1320. The van der Waals surface area contributed by atoms with E-state index < -0.39 is 0 Å². The molecule has 0 spiro atoms. The average molecular weight is 380 g/mol. The molecule has 0 aliphatic carbocycles. The minimum Gasteiger partial charge on any atom is -0.457 e. The number of nitrogens with zero attached hydrogens (tertiary/aromatic N) is 4. The van der Waals surface area contributed by atoms with Crippen molar-refractivity contribution in [2.45, 2.75) is 13.8 Å². The van der Waals surface area contributed by atoms with Gasteiger partial charge in [0.2, 0.25) is 0 Å². The summed E-state index contributed by atoms with van der Waals surface area (Å²) in [6, 6.07) is 24.1. The molecule has 0 bridgehead atoms. The van der Waals surface area contributed by atoms with E-state index in [2.05, 4.69) is 28.3 Å². The maximum Gasteiger partial charge on any atom is 0.129 e. The lowest BCUT2D eigenvalue weighted by Crippen LogP contribution is -1.99. The van der Waals surface area contributed by atoms with Gasteiger partial charge in [-0.15, -0.1) is 0 Å². The molecular weight excluding hydrogens is 360 g/mol. The molecule has 0 amide bonds. The normalized spacial score (nSPS) is 11.1. The standard InChI is InChI=1S/C24H20N4O/c1-17-13-18(2)28(26-17)20-8-6-10-22(15-20)29-21-9-5-7-19(14-21)24-23-11-3-4-12-27(23)16-25-24/h3-16H,1-2H3. The Morgan fingerprint density at radius 3 is 2.48 bits per heavy atom. The Morgan fingerprint density at radius 1 is 0.828 bits per heavy atom. The van der Waals surface area contributed by atoms with Gasteiger partial charge in [0.15, 0.2) is 0 Å². The van der Waals surface area contributed by atoms with Crippen molar-refractivity contribution < 1.29 is 4.74 Å². The number of hydrogen-bond acceptors (Lipinski definition) is 3. The van der Waals surface area contributed by atoms with Gasteiger partial charge in [0, 0.05) is 23.5 Å². The van der Waals surface area contributed by atoms with Gasteiger partial charge in [-0.25, -0.2) is 9.67 Å². The summed E-state index contributed by atoms with van der Waals surface area (Å²) in [5.41, 5.74) is 6.08. The lowest BCUT2D eigenvalue weighted by atomic mass is 10.1. The van der Waals surface area contributed by atoms with E-state index in [9.17, 15) is 0 Å². The molecule has 3 aromatic heterocycles. The zero-order valence-corrected chi connectivity index (χ0v) is 16.3. The van der Waals surface area contributed by atoms with E-state index in [1.54, 1.807) is 0 Å². The molecule has 5 heteroatoms. The van der Waals surface area contributed by atoms with Crippen molar-refractivity contribution in [2.75, 3.05) is 0 Å². The first-order chi connectivity index (χ1) is 14.2. The van der Waals surface area contributed by atoms with Crippen LogP contribution in [0.4, 0.5) is 0 Å². The Hall–Kier alpha value is -3.86. The van der Waals surface area contributed by atoms with E-state index in [4.69, 9.17) is 4.74 Å². The van der Waals surface area contributed by atoms with Crippen molar-refractivity contribution >= 4 is 5.52 Å². The summed E-state index contributed by atoms with van der Waals surface area (Å²) in [7, 11) is 0. The van der Waals surface area contributed by atoms with Crippen LogP contribution in [0.2, 0.25) is 0 Å². The smallest absolute Gasteiger partial charge is 0.129 e. The molecule has 0 atom stereocenters. The minimum atomic E-state index is 0.766. The summed E-state index contributed by atoms with van der Waals surface area (Å²) in [6.45, 7) is 4.04. The summed E-state index contributed by atoms with van der Waals surface area (Å²) in [5, 5.41) is 4.56. The van der Waals surface area contributed by atoms with Crippen LogP contribution in [0.1, 0.15) is 11.4 Å². The maximum atomic E-state index is 6.16. The number of imidazole rings is 1. The highest BCUT2D eigenvalue weighted by atomic mass is 16.5. The zero-order chi connectivity index (χ0) is 19.8. The van der Waals surface area contributed by atoms with Gasteiger partial charge in [-0.05, 0) is 56.3 Å². The van der Waals surface area contributed by atoms with Crippen LogP contribution >= 0.6 is 0 Å². The molecule has 0 saturated carbocycles. The number of fused-ring (bicyclic) bond motifs is 1. The average Bonchev–Trinajstić information content (AvgIpc) is 3.31. The van der Waals surface area contributed by atoms with E-state index in [1.165, 1.54) is 0 Å². The van der Waals surface area contributed by atoms with Gasteiger partial charge < -0.3 is 9.14 Å². The van der Waals surface area contributed by atoms with Crippen LogP contribution < -0.4 is 4.74 Å². The SMILES string of the molecule is Cc1cc(C)n(-c2cccc(Oc3cccc(-c4ncn5ccccc45)c3)c2)n1. The fourth-order valence-corrected chi connectivity index (χ4v) is 3.58. The lowest BCUT2D eigenvalue weighted by Gasteiger charge is -2.10. The number of benzene rings is 2. The number of pyridine rings is 1. The predicted molar refractivity (Wildman–Crippen MR) is 114 cm³/mol. The first-order valence-corrected chi connectivity index (χ1v) is 9.51. The summed E-state index contributed by atoms with van der Waals surface area (Å²) in [6.07, 6.45) is 3.83. The Labute approximate surface area is 168 Å². The van der Waals surface area contributed by atoms with Crippen molar-refractivity contribution in [1.82, 2.24) is 19.2 Å². The molecule has 29 heavy (non-hydrogen) atoms. The zero-order valence-electron chi connectivity index (χ0n) is 16.3. The van der Waals surface area contributed by atoms with Crippen LogP contribution in [0.15, 0.2) is 85.3 Å². The van der Waals surface area contributed by atoms with Gasteiger partial charge in [0.05, 0.1) is 28.9 Å². The minimum absolute atomic E-state index is 0.766. The fourth-order valence-electron chi connectivity index (χ4n) is 3.58. The molecule has 5 rings (SSSR count). The number of hydrogen-bond donors (Lipinski definition) is 0. The third kappa shape index (κ3) is 3.27. The lowest BCUT2D eigenvalue weighted by molar-refractivity contribution is 0.482. The highest BCUT2D eigenvalue weighted by Crippen LogP contribution is 2.29. The first-order valence-electron chi connectivity index (χ1n) is 9.51. The molecule has 2 aromatic carbocycles. The molecule has 5 nitrogen and oxygen atoms in total. The maximum absolute atomic E-state index is 6.16. The number of aromatic nitrogens is 4. The van der Waals surface area contributed by atoms with Crippen molar-refractivity contribution in [3.63, 3.8) is 0 Å². The molecule has 142 valence electrons. The van der Waals surface area contributed by atoms with Gasteiger partial charge in [0.1, 0.15) is 11.5 Å². The second kappa shape index (κ2) is 6.95. The van der Waals surface area contributed by atoms with Gasteiger partial charge in [0.25, 0.3) is 0 Å². The summed E-state index contributed by atoms with van der Waals surface area (Å²) in [5.74, 6) is 1.53. The van der Waals surface area contributed by atoms with Crippen LogP contribution in [0, 0.1) is 13.8 Å². The first kappa shape index (κ1) is 17.3. The summed E-state index contributed by atoms with van der Waals surface area (Å²) < 4.78 is 10.1. The fraction of sp³-hybridized carbons (Fsp3) is 0.0833. The van der Waals surface area contributed by atoms with Crippen molar-refractivity contribution in [3.8, 4) is 28.4 Å². The predicted octanol–water partition coefficient (Wildman–Crippen LogP) is 5.60. The van der Waals surface area contributed by atoms with Gasteiger partial charge in [-0.2, -0.15) is 5.10 Å². The van der Waals surface area contributed by atoms with E-state index >= 15 is 0 Å². The van der Waals surface area contributed by atoms with Crippen LogP contribution in [0.25, 0.3) is 22.5 Å². The van der Waals surface area contributed by atoms with E-state index in [0.29, 0.717) is 0 Å². The van der Waals surface area contributed by atoms with Crippen LogP contribution in [0.3, 0.4) is 0 Å². The molecule has 0 aliphatic heterocycles. The summed E-state index contributed by atoms with van der Waals surface area (Å²) in [4.78, 5) is 4.58. The third-order valence-corrected chi connectivity index (χ3v) is 4.86. The van der Waals surface area contributed by atoms with E-state index in [0.717, 1.165) is 45.3 Å². The van der Waals surface area contributed by atoms with E-state index in [-0.39, 0.29) is 0 Å². The summed E-state index contributed by atoms with van der Waals surface area (Å²) >= 11 is 0. The Kier molecular flexibility index (Phi) is 4.13. The number of aryl methyl sites for hydroxylation is 2. The van der Waals surface area contributed by atoms with Crippen molar-refractivity contribution in [1.29, 1.82) is 0 Å². The van der Waals surface area contributed by atoms with Crippen molar-refractivity contribution in [2.24, 2.45) is 0 Å². The molecule has 0 unspecified atom stereocenters. The van der Waals surface area contributed by atoms with Gasteiger partial charge in [-0.3, -0.25) is 0 Å². The Morgan fingerprint density at radius 2 is 1.66 bits per heavy atom.